The zero-order valence-corrected chi connectivity index (χ0v) is 14.0. The van der Waals surface area contributed by atoms with Gasteiger partial charge in [-0.2, -0.15) is 0 Å². The van der Waals surface area contributed by atoms with E-state index in [1.807, 2.05) is 6.92 Å². The first-order valence-corrected chi connectivity index (χ1v) is 8.80. The summed E-state index contributed by atoms with van der Waals surface area (Å²) in [5, 5.41) is 0. The van der Waals surface area contributed by atoms with Crippen molar-refractivity contribution < 1.29 is 5.73 Å². The Bertz CT molecular complexity index is 229. The lowest BCUT2D eigenvalue weighted by Crippen LogP contribution is -2.48. The van der Waals surface area contributed by atoms with Gasteiger partial charge in [0.15, 0.2) is 0 Å². The SMILES string of the molecule is CC[NH3+].S=C([S-])N(C1CCCCC1)C1CCCCC1. The van der Waals surface area contributed by atoms with Gasteiger partial charge in [-0.25, -0.2) is 0 Å². The molecule has 0 spiro atoms. The van der Waals surface area contributed by atoms with E-state index in [1.165, 1.54) is 64.2 Å². The summed E-state index contributed by atoms with van der Waals surface area (Å²) < 4.78 is 0.735. The lowest BCUT2D eigenvalue weighted by atomic mass is 9.89. The van der Waals surface area contributed by atoms with E-state index in [1.54, 1.807) is 0 Å². The maximum atomic E-state index is 5.32. The second kappa shape index (κ2) is 9.89. The van der Waals surface area contributed by atoms with Crippen LogP contribution < -0.4 is 5.73 Å². The Morgan fingerprint density at radius 2 is 1.32 bits per heavy atom. The molecule has 0 radical (unpaired) electrons. The Labute approximate surface area is 129 Å². The normalized spacial score (nSPS) is 21.4. The molecule has 0 heterocycles. The number of thiocarbonyl (C=S) groups is 1. The van der Waals surface area contributed by atoms with Crippen molar-refractivity contribution in [1.29, 1.82) is 0 Å². The molecule has 2 saturated carbocycles. The molecule has 0 aromatic heterocycles. The molecule has 19 heavy (non-hydrogen) atoms. The molecule has 112 valence electrons. The molecular weight excluding hydrogens is 272 g/mol. The third kappa shape index (κ3) is 5.92. The topological polar surface area (TPSA) is 30.9 Å². The molecule has 0 bridgehead atoms. The number of hydrogen-bond donors (Lipinski definition) is 1. The Balaban J connectivity index is 0.000000550. The van der Waals surface area contributed by atoms with E-state index < -0.39 is 0 Å². The van der Waals surface area contributed by atoms with Crippen LogP contribution in [0.2, 0.25) is 0 Å². The van der Waals surface area contributed by atoms with Crippen LogP contribution in [0.4, 0.5) is 0 Å². The van der Waals surface area contributed by atoms with E-state index in [-0.39, 0.29) is 0 Å². The molecule has 0 aromatic carbocycles. The Hall–Kier alpha value is 0.0700. The molecule has 2 rings (SSSR count). The summed E-state index contributed by atoms with van der Waals surface area (Å²) in [5.74, 6) is 0. The van der Waals surface area contributed by atoms with Crippen LogP contribution in [0.5, 0.6) is 0 Å². The molecule has 0 amide bonds. The summed E-state index contributed by atoms with van der Waals surface area (Å²) in [4.78, 5) is 2.43. The Morgan fingerprint density at radius 1 is 1.00 bits per heavy atom. The van der Waals surface area contributed by atoms with E-state index in [0.29, 0.717) is 12.1 Å². The quantitative estimate of drug-likeness (QED) is 0.628. The van der Waals surface area contributed by atoms with Crippen molar-refractivity contribution in [2.45, 2.75) is 83.2 Å². The molecule has 0 saturated heterocycles. The first kappa shape index (κ1) is 17.1. The molecule has 0 aromatic rings. The van der Waals surface area contributed by atoms with Crippen molar-refractivity contribution in [3.8, 4) is 0 Å². The zero-order chi connectivity index (χ0) is 14.1. The van der Waals surface area contributed by atoms with Crippen molar-refractivity contribution in [3.63, 3.8) is 0 Å². The maximum absolute atomic E-state index is 5.32. The molecule has 0 unspecified atom stereocenters. The first-order chi connectivity index (χ1) is 9.20. The Kier molecular flexibility index (Phi) is 8.92. The van der Waals surface area contributed by atoms with E-state index in [9.17, 15) is 0 Å². The average Bonchev–Trinajstić information content (AvgIpc) is 2.42. The third-order valence-electron chi connectivity index (χ3n) is 4.15. The van der Waals surface area contributed by atoms with Gasteiger partial charge in [-0.3, -0.25) is 0 Å². The van der Waals surface area contributed by atoms with Crippen LogP contribution in [0.1, 0.15) is 71.1 Å². The van der Waals surface area contributed by atoms with Crippen LogP contribution in [-0.2, 0) is 12.6 Å². The summed E-state index contributed by atoms with van der Waals surface area (Å²) in [6, 6.07) is 1.34. The molecule has 2 aliphatic rings. The standard InChI is InChI=1S/C13H23NS2.C2H7N/c15-13(16)14(11-7-3-1-4-8-11)12-9-5-2-6-10-12;1-2-3/h11-12H,1-10H2,(H,15,16);2-3H2,1H3. The molecule has 0 aliphatic heterocycles. The molecule has 2 aliphatic carbocycles. The first-order valence-electron chi connectivity index (χ1n) is 7.99. The monoisotopic (exact) mass is 302 g/mol. The minimum absolute atomic E-state index is 0.668. The Morgan fingerprint density at radius 3 is 1.58 bits per heavy atom. The molecule has 2 fully saturated rings. The van der Waals surface area contributed by atoms with Gasteiger partial charge in [0.2, 0.25) is 0 Å². The number of quaternary nitrogens is 1. The highest BCUT2D eigenvalue weighted by Crippen LogP contribution is 2.30. The summed E-state index contributed by atoms with van der Waals surface area (Å²) in [7, 11) is 0. The van der Waals surface area contributed by atoms with Crippen molar-refractivity contribution in [3.05, 3.63) is 0 Å². The highest BCUT2D eigenvalue weighted by atomic mass is 32.1. The zero-order valence-electron chi connectivity index (χ0n) is 12.4. The number of rotatable bonds is 2. The summed E-state index contributed by atoms with van der Waals surface area (Å²) >= 11 is 10.6. The maximum Gasteiger partial charge on any atom is 0.0711 e. The lowest BCUT2D eigenvalue weighted by molar-refractivity contribution is -0.361. The van der Waals surface area contributed by atoms with Crippen LogP contribution in [-0.4, -0.2) is 27.8 Å². The second-order valence-corrected chi connectivity index (χ2v) is 6.79. The van der Waals surface area contributed by atoms with Crippen molar-refractivity contribution >= 4 is 29.2 Å². The van der Waals surface area contributed by atoms with E-state index in [4.69, 9.17) is 24.8 Å². The molecular formula is C15H30N2S2. The van der Waals surface area contributed by atoms with Crippen LogP contribution in [0.3, 0.4) is 0 Å². The van der Waals surface area contributed by atoms with Gasteiger partial charge in [0, 0.05) is 12.1 Å². The summed E-state index contributed by atoms with van der Waals surface area (Å²) in [5.41, 5.74) is 3.49. The van der Waals surface area contributed by atoms with Crippen LogP contribution in [0.15, 0.2) is 0 Å². The summed E-state index contributed by atoms with van der Waals surface area (Å²) in [6.45, 7) is 3.01. The molecule has 0 atom stereocenters. The molecule has 3 N–H and O–H groups in total. The fourth-order valence-electron chi connectivity index (χ4n) is 3.31. The predicted octanol–water partition coefficient (Wildman–Crippen LogP) is 3.03. The highest BCUT2D eigenvalue weighted by Gasteiger charge is 2.26. The van der Waals surface area contributed by atoms with E-state index >= 15 is 0 Å². The predicted molar refractivity (Wildman–Crippen MR) is 89.0 cm³/mol. The van der Waals surface area contributed by atoms with Crippen molar-refractivity contribution in [1.82, 2.24) is 4.90 Å². The smallest absolute Gasteiger partial charge is 0.0711 e. The van der Waals surface area contributed by atoms with Crippen LogP contribution >= 0.6 is 12.2 Å². The minimum atomic E-state index is 0.668. The highest BCUT2D eigenvalue weighted by molar-refractivity contribution is 8.00. The van der Waals surface area contributed by atoms with Gasteiger partial charge in [-0.15, -0.1) is 0 Å². The molecule has 4 heteroatoms. The van der Waals surface area contributed by atoms with E-state index in [2.05, 4.69) is 10.6 Å². The van der Waals surface area contributed by atoms with Gasteiger partial charge >= 0.3 is 0 Å². The van der Waals surface area contributed by atoms with Gasteiger partial charge < -0.3 is 35.5 Å². The van der Waals surface area contributed by atoms with Gasteiger partial charge in [-0.05, 0) is 32.6 Å². The largest absolute Gasteiger partial charge is 0.411 e. The van der Waals surface area contributed by atoms with Crippen molar-refractivity contribution in [2.75, 3.05) is 6.54 Å². The fraction of sp³-hybridized carbons (Fsp3) is 0.933. The van der Waals surface area contributed by atoms with Gasteiger partial charge in [-0.1, -0.05) is 42.8 Å². The average molecular weight is 303 g/mol. The van der Waals surface area contributed by atoms with Crippen molar-refractivity contribution in [2.24, 2.45) is 0 Å². The number of nitrogens with zero attached hydrogens (tertiary/aromatic N) is 1. The minimum Gasteiger partial charge on any atom is -0.411 e. The van der Waals surface area contributed by atoms with E-state index in [0.717, 1.165) is 10.9 Å². The third-order valence-corrected chi connectivity index (χ3v) is 4.57. The van der Waals surface area contributed by atoms with Crippen LogP contribution in [0, 0.1) is 0 Å². The van der Waals surface area contributed by atoms with Gasteiger partial charge in [0.25, 0.3) is 0 Å². The second-order valence-electron chi connectivity index (χ2n) is 5.76. The fourth-order valence-corrected chi connectivity index (χ4v) is 3.91. The number of hydrogen-bond acceptors (Lipinski definition) is 2. The molecule has 2 nitrogen and oxygen atoms in total. The van der Waals surface area contributed by atoms with Gasteiger partial charge in [0.05, 0.1) is 6.54 Å². The summed E-state index contributed by atoms with van der Waals surface area (Å²) in [6.07, 6.45) is 13.5. The van der Waals surface area contributed by atoms with Gasteiger partial charge in [0.1, 0.15) is 0 Å². The van der Waals surface area contributed by atoms with Crippen LogP contribution in [0.25, 0.3) is 0 Å². The lowest BCUT2D eigenvalue weighted by Gasteiger charge is -2.45.